The molecule has 1 aliphatic heterocycles. The lowest BCUT2D eigenvalue weighted by atomic mass is 10.0. The summed E-state index contributed by atoms with van der Waals surface area (Å²) in [6.45, 7) is 0.615. The summed E-state index contributed by atoms with van der Waals surface area (Å²) in [5, 5.41) is 8.05. The number of hydrazone groups is 1. The first-order valence-electron chi connectivity index (χ1n) is 4.89. The van der Waals surface area contributed by atoms with Gasteiger partial charge in [0, 0.05) is 19.2 Å². The van der Waals surface area contributed by atoms with Crippen molar-refractivity contribution in [1.29, 1.82) is 0 Å². The van der Waals surface area contributed by atoms with E-state index >= 15 is 0 Å². The number of hydrogen-bond acceptors (Lipinski definition) is 2. The summed E-state index contributed by atoms with van der Waals surface area (Å²) in [4.78, 5) is 11.3. The lowest BCUT2D eigenvalue weighted by Crippen LogP contribution is -2.33. The maximum absolute atomic E-state index is 11.3. The highest BCUT2D eigenvalue weighted by atomic mass is 16.2. The summed E-state index contributed by atoms with van der Waals surface area (Å²) in [6, 6.07) is 9.89. The topological polar surface area (TPSA) is 44.7 Å². The van der Waals surface area contributed by atoms with Crippen molar-refractivity contribution >= 4 is 12.2 Å². The van der Waals surface area contributed by atoms with Crippen molar-refractivity contribution in [2.75, 3.05) is 13.6 Å². The number of carbonyl (C=O) groups excluding carboxylic acids is 1. The third kappa shape index (κ3) is 1.98. The Kier molecular flexibility index (Phi) is 2.67. The number of carbonyl (C=O) groups is 1. The normalized spacial score (nSPS) is 19.3. The molecule has 1 atom stereocenters. The molecule has 1 aromatic rings. The number of hydrogen-bond donors (Lipinski definition) is 1. The first-order valence-corrected chi connectivity index (χ1v) is 4.89. The van der Waals surface area contributed by atoms with Crippen LogP contribution < -0.4 is 5.32 Å². The summed E-state index contributed by atoms with van der Waals surface area (Å²) in [5.41, 5.74) is 1.19. The van der Waals surface area contributed by atoms with Gasteiger partial charge in [-0.3, -0.25) is 0 Å². The molecule has 0 saturated heterocycles. The lowest BCUT2D eigenvalue weighted by Gasteiger charge is -2.13. The molecule has 0 bridgehead atoms. The summed E-state index contributed by atoms with van der Waals surface area (Å²) in [6.07, 6.45) is 1.81. The van der Waals surface area contributed by atoms with E-state index in [4.69, 9.17) is 0 Å². The quantitative estimate of drug-likeness (QED) is 0.737. The Bertz CT molecular complexity index is 375. The van der Waals surface area contributed by atoms with E-state index in [9.17, 15) is 4.79 Å². The van der Waals surface area contributed by atoms with Gasteiger partial charge in [0.1, 0.15) is 0 Å². The average Bonchev–Trinajstić information content (AvgIpc) is 2.78. The Labute approximate surface area is 88.6 Å². The van der Waals surface area contributed by atoms with Gasteiger partial charge in [0.15, 0.2) is 0 Å². The van der Waals surface area contributed by atoms with Gasteiger partial charge in [-0.15, -0.1) is 0 Å². The van der Waals surface area contributed by atoms with Crippen LogP contribution in [0.1, 0.15) is 11.5 Å². The maximum Gasteiger partial charge on any atom is 0.337 e. The van der Waals surface area contributed by atoms with E-state index in [1.807, 2.05) is 36.5 Å². The van der Waals surface area contributed by atoms with Crippen molar-refractivity contribution in [3.63, 3.8) is 0 Å². The Hall–Kier alpha value is -1.84. The van der Waals surface area contributed by atoms with Crippen LogP contribution in [0.3, 0.4) is 0 Å². The molecule has 1 heterocycles. The standard InChI is InChI=1S/C11H13N3O/c1-12-11(15)14-8-10(7-13-14)9-5-3-2-4-6-9/h2-7,10H,8H2,1H3,(H,12,15). The first kappa shape index (κ1) is 9.71. The fourth-order valence-corrected chi connectivity index (χ4v) is 1.60. The van der Waals surface area contributed by atoms with Crippen molar-refractivity contribution < 1.29 is 4.79 Å². The molecular formula is C11H13N3O. The monoisotopic (exact) mass is 203 g/mol. The molecule has 1 aliphatic rings. The lowest BCUT2D eigenvalue weighted by molar-refractivity contribution is 0.206. The fourth-order valence-electron chi connectivity index (χ4n) is 1.60. The molecule has 78 valence electrons. The highest BCUT2D eigenvalue weighted by Crippen LogP contribution is 2.19. The van der Waals surface area contributed by atoms with E-state index in [1.54, 1.807) is 7.05 Å². The van der Waals surface area contributed by atoms with Gasteiger partial charge in [-0.25, -0.2) is 9.80 Å². The first-order chi connectivity index (χ1) is 7.31. The molecule has 2 rings (SSSR count). The van der Waals surface area contributed by atoms with Gasteiger partial charge < -0.3 is 5.32 Å². The van der Waals surface area contributed by atoms with Crippen molar-refractivity contribution in [2.24, 2.45) is 5.10 Å². The molecule has 15 heavy (non-hydrogen) atoms. The van der Waals surface area contributed by atoms with Gasteiger partial charge in [0.25, 0.3) is 0 Å². The zero-order valence-corrected chi connectivity index (χ0v) is 8.55. The van der Waals surface area contributed by atoms with E-state index < -0.39 is 0 Å². The summed E-state index contributed by atoms with van der Waals surface area (Å²) in [7, 11) is 1.60. The SMILES string of the molecule is CNC(=O)N1CC(c2ccccc2)C=N1. The van der Waals surface area contributed by atoms with Gasteiger partial charge in [0.05, 0.1) is 6.54 Å². The minimum absolute atomic E-state index is 0.162. The van der Waals surface area contributed by atoms with Gasteiger partial charge in [0.2, 0.25) is 0 Å². The number of benzene rings is 1. The molecule has 1 aromatic carbocycles. The molecule has 0 aliphatic carbocycles. The number of nitrogens with one attached hydrogen (secondary N) is 1. The Balaban J connectivity index is 2.06. The predicted octanol–water partition coefficient (Wildman–Crippen LogP) is 1.41. The molecule has 0 fully saturated rings. The second-order valence-electron chi connectivity index (χ2n) is 3.42. The van der Waals surface area contributed by atoms with E-state index in [1.165, 1.54) is 10.6 Å². The van der Waals surface area contributed by atoms with Gasteiger partial charge in [-0.05, 0) is 5.56 Å². The van der Waals surface area contributed by atoms with Crippen molar-refractivity contribution in [3.8, 4) is 0 Å². The molecule has 0 saturated carbocycles. The molecule has 2 amide bonds. The van der Waals surface area contributed by atoms with E-state index in [0.29, 0.717) is 6.54 Å². The number of amides is 2. The third-order valence-electron chi connectivity index (χ3n) is 2.43. The number of nitrogens with zero attached hydrogens (tertiary/aromatic N) is 2. The Morgan fingerprint density at radius 1 is 1.47 bits per heavy atom. The number of rotatable bonds is 1. The molecule has 4 nitrogen and oxygen atoms in total. The minimum atomic E-state index is -0.162. The molecular weight excluding hydrogens is 190 g/mol. The molecule has 0 spiro atoms. The molecule has 0 radical (unpaired) electrons. The van der Waals surface area contributed by atoms with Crippen LogP contribution in [0.5, 0.6) is 0 Å². The zero-order valence-electron chi connectivity index (χ0n) is 8.55. The van der Waals surface area contributed by atoms with Gasteiger partial charge in [-0.1, -0.05) is 30.3 Å². The summed E-state index contributed by atoms with van der Waals surface area (Å²) >= 11 is 0. The molecule has 1 N–H and O–H groups in total. The van der Waals surface area contributed by atoms with Gasteiger partial charge in [-0.2, -0.15) is 5.10 Å². The van der Waals surface area contributed by atoms with Crippen molar-refractivity contribution in [1.82, 2.24) is 10.3 Å². The molecule has 4 heteroatoms. The molecule has 0 aromatic heterocycles. The van der Waals surface area contributed by atoms with Crippen LogP contribution in [0.15, 0.2) is 35.4 Å². The average molecular weight is 203 g/mol. The maximum atomic E-state index is 11.3. The van der Waals surface area contributed by atoms with Crippen molar-refractivity contribution in [3.05, 3.63) is 35.9 Å². The van der Waals surface area contributed by atoms with Crippen LogP contribution in [-0.4, -0.2) is 30.8 Å². The second kappa shape index (κ2) is 4.13. The Morgan fingerprint density at radius 3 is 2.87 bits per heavy atom. The van der Waals surface area contributed by atoms with Gasteiger partial charge >= 0.3 is 6.03 Å². The summed E-state index contributed by atoms with van der Waals surface area (Å²) in [5.74, 6) is 0.212. The smallest absolute Gasteiger partial charge is 0.337 e. The summed E-state index contributed by atoms with van der Waals surface area (Å²) < 4.78 is 0. The van der Waals surface area contributed by atoms with E-state index in [-0.39, 0.29) is 11.9 Å². The fraction of sp³-hybridized carbons (Fsp3) is 0.273. The largest absolute Gasteiger partial charge is 0.340 e. The highest BCUT2D eigenvalue weighted by molar-refractivity contribution is 5.79. The van der Waals surface area contributed by atoms with E-state index in [2.05, 4.69) is 10.4 Å². The second-order valence-corrected chi connectivity index (χ2v) is 3.42. The molecule has 1 unspecified atom stereocenters. The van der Waals surface area contributed by atoms with Crippen LogP contribution in [-0.2, 0) is 0 Å². The highest BCUT2D eigenvalue weighted by Gasteiger charge is 2.22. The number of urea groups is 1. The van der Waals surface area contributed by atoms with Crippen molar-refractivity contribution in [2.45, 2.75) is 5.92 Å². The van der Waals surface area contributed by atoms with Crippen LogP contribution in [0.4, 0.5) is 4.79 Å². The minimum Gasteiger partial charge on any atom is -0.340 e. The third-order valence-corrected chi connectivity index (χ3v) is 2.43. The van der Waals surface area contributed by atoms with Crippen LogP contribution in [0, 0.1) is 0 Å². The Morgan fingerprint density at radius 2 is 2.20 bits per heavy atom. The van der Waals surface area contributed by atoms with Crippen LogP contribution in [0.25, 0.3) is 0 Å². The van der Waals surface area contributed by atoms with E-state index in [0.717, 1.165) is 0 Å². The zero-order chi connectivity index (χ0) is 10.7. The predicted molar refractivity (Wildman–Crippen MR) is 58.8 cm³/mol. The van der Waals surface area contributed by atoms with Crippen LogP contribution in [0.2, 0.25) is 0 Å². The van der Waals surface area contributed by atoms with Crippen LogP contribution >= 0.6 is 0 Å².